The van der Waals surface area contributed by atoms with Crippen LogP contribution in [0.1, 0.15) is 0 Å². The van der Waals surface area contributed by atoms with Gasteiger partial charge < -0.3 is 0 Å². The third-order valence-electron chi connectivity index (χ3n) is 2.22. The fourth-order valence-electron chi connectivity index (χ4n) is 1.56. The van der Waals surface area contributed by atoms with Gasteiger partial charge in [-0.1, -0.05) is 30.3 Å². The minimum atomic E-state index is 0.777. The molecule has 0 radical (unpaired) electrons. The Morgan fingerprint density at radius 1 is 0.786 bits per heavy atom. The number of hydrogen-bond donors (Lipinski definition) is 0. The second-order valence-electron chi connectivity index (χ2n) is 3.03. The Kier molecular flexibility index (Phi) is 1.41. The maximum absolute atomic E-state index is 3.99. The molecular formula is C10H6N4. The van der Waals surface area contributed by atoms with Crippen molar-refractivity contribution in [3.05, 3.63) is 36.4 Å². The van der Waals surface area contributed by atoms with Gasteiger partial charge in [-0.3, -0.25) is 0 Å². The van der Waals surface area contributed by atoms with Gasteiger partial charge in [0.2, 0.25) is 0 Å². The van der Waals surface area contributed by atoms with Crippen LogP contribution in [0.15, 0.2) is 36.4 Å². The van der Waals surface area contributed by atoms with Crippen molar-refractivity contribution in [2.45, 2.75) is 0 Å². The molecule has 0 amide bonds. The zero-order chi connectivity index (χ0) is 9.38. The van der Waals surface area contributed by atoms with Crippen LogP contribution in [0.25, 0.3) is 21.8 Å². The molecular weight excluding hydrogens is 176 g/mol. The van der Waals surface area contributed by atoms with Gasteiger partial charge in [-0.2, -0.15) is 0 Å². The summed E-state index contributed by atoms with van der Waals surface area (Å²) in [7, 11) is 0. The summed E-state index contributed by atoms with van der Waals surface area (Å²) in [4.78, 5) is 0. The van der Waals surface area contributed by atoms with Crippen LogP contribution in [0.5, 0.6) is 0 Å². The maximum atomic E-state index is 3.99. The zero-order valence-electron chi connectivity index (χ0n) is 7.25. The van der Waals surface area contributed by atoms with Crippen molar-refractivity contribution < 1.29 is 0 Å². The van der Waals surface area contributed by atoms with Crippen LogP contribution < -0.4 is 0 Å². The van der Waals surface area contributed by atoms with Crippen molar-refractivity contribution in [1.82, 2.24) is 20.6 Å². The van der Waals surface area contributed by atoms with Crippen molar-refractivity contribution >= 4 is 21.8 Å². The van der Waals surface area contributed by atoms with Gasteiger partial charge in [-0.05, 0) is 21.9 Å². The van der Waals surface area contributed by atoms with E-state index >= 15 is 0 Å². The lowest BCUT2D eigenvalue weighted by Gasteiger charge is -1.98. The molecule has 0 N–H and O–H groups in total. The van der Waals surface area contributed by atoms with Crippen LogP contribution >= 0.6 is 0 Å². The highest BCUT2D eigenvalue weighted by Crippen LogP contribution is 2.20. The topological polar surface area (TPSA) is 51.6 Å². The first-order chi connectivity index (χ1) is 6.95. The van der Waals surface area contributed by atoms with Crippen molar-refractivity contribution in [3.8, 4) is 0 Å². The highest BCUT2D eigenvalue weighted by molar-refractivity contribution is 6.03. The first-order valence-corrected chi connectivity index (χ1v) is 4.29. The number of aromatic nitrogens is 4. The molecule has 0 aliphatic carbocycles. The summed E-state index contributed by atoms with van der Waals surface area (Å²) in [5.41, 5.74) is 1.58. The summed E-state index contributed by atoms with van der Waals surface area (Å²) in [6.45, 7) is 0. The molecule has 0 aliphatic rings. The first kappa shape index (κ1) is 7.32. The molecule has 3 aromatic rings. The van der Waals surface area contributed by atoms with Crippen molar-refractivity contribution in [3.63, 3.8) is 0 Å². The zero-order valence-corrected chi connectivity index (χ0v) is 7.25. The van der Waals surface area contributed by atoms with E-state index in [-0.39, 0.29) is 0 Å². The average molecular weight is 182 g/mol. The van der Waals surface area contributed by atoms with E-state index in [0.717, 1.165) is 21.8 Å². The highest BCUT2D eigenvalue weighted by Gasteiger charge is 2.01. The average Bonchev–Trinajstić information content (AvgIpc) is 2.29. The molecule has 4 heteroatoms. The van der Waals surface area contributed by atoms with E-state index in [1.807, 2.05) is 36.4 Å². The smallest absolute Gasteiger partial charge is 0.123 e. The maximum Gasteiger partial charge on any atom is 0.123 e. The van der Waals surface area contributed by atoms with Crippen LogP contribution in [0.4, 0.5) is 0 Å². The molecule has 0 aliphatic heterocycles. The Hall–Kier alpha value is -2.10. The fourth-order valence-corrected chi connectivity index (χ4v) is 1.56. The molecule has 3 rings (SSSR count). The van der Waals surface area contributed by atoms with Crippen LogP contribution in [-0.2, 0) is 0 Å². The van der Waals surface area contributed by atoms with Crippen molar-refractivity contribution in [2.75, 3.05) is 0 Å². The van der Waals surface area contributed by atoms with Gasteiger partial charge in [-0.25, -0.2) is 0 Å². The fraction of sp³-hybridized carbons (Fsp3) is 0. The van der Waals surface area contributed by atoms with Gasteiger partial charge in [0.25, 0.3) is 0 Å². The van der Waals surface area contributed by atoms with E-state index in [9.17, 15) is 0 Å². The molecule has 4 nitrogen and oxygen atoms in total. The van der Waals surface area contributed by atoms with Crippen LogP contribution in [0.2, 0.25) is 0 Å². The molecule has 0 fully saturated rings. The van der Waals surface area contributed by atoms with Crippen molar-refractivity contribution in [1.29, 1.82) is 0 Å². The summed E-state index contributed by atoms with van der Waals surface area (Å²) in [5.74, 6) is 0. The lowest BCUT2D eigenvalue weighted by molar-refractivity contribution is 0.798. The van der Waals surface area contributed by atoms with Crippen LogP contribution in [-0.4, -0.2) is 20.6 Å². The van der Waals surface area contributed by atoms with Gasteiger partial charge in [0.15, 0.2) is 0 Å². The SMILES string of the molecule is c1ccc2c(c1)ccc1nnnnc12. The van der Waals surface area contributed by atoms with E-state index < -0.39 is 0 Å². The summed E-state index contributed by atoms with van der Waals surface area (Å²) < 4.78 is 0. The first-order valence-electron chi connectivity index (χ1n) is 4.29. The van der Waals surface area contributed by atoms with Crippen LogP contribution in [0, 0.1) is 0 Å². The van der Waals surface area contributed by atoms with Gasteiger partial charge in [0.05, 0.1) is 0 Å². The number of hydrogen-bond acceptors (Lipinski definition) is 4. The number of rotatable bonds is 0. The Bertz CT molecular complexity index is 551. The van der Waals surface area contributed by atoms with E-state index in [1.54, 1.807) is 0 Å². The molecule has 0 atom stereocenters. The van der Waals surface area contributed by atoms with Gasteiger partial charge in [-0.15, -0.1) is 10.2 Å². The molecule has 0 saturated carbocycles. The van der Waals surface area contributed by atoms with Gasteiger partial charge in [0, 0.05) is 5.39 Å². The molecule has 1 heterocycles. The molecule has 14 heavy (non-hydrogen) atoms. The number of fused-ring (bicyclic) bond motifs is 3. The Morgan fingerprint density at radius 3 is 2.64 bits per heavy atom. The standard InChI is InChI=1S/C10H6N4/c1-2-4-8-7(3-1)5-6-9-10(8)12-14-13-11-9/h1-6H. The second-order valence-corrected chi connectivity index (χ2v) is 3.03. The minimum absolute atomic E-state index is 0.777. The molecule has 0 saturated heterocycles. The van der Waals surface area contributed by atoms with E-state index in [0.29, 0.717) is 0 Å². The van der Waals surface area contributed by atoms with Gasteiger partial charge in [0.1, 0.15) is 11.0 Å². The minimum Gasteiger partial charge on any atom is -0.127 e. The van der Waals surface area contributed by atoms with E-state index in [1.165, 1.54) is 0 Å². The summed E-state index contributed by atoms with van der Waals surface area (Å²) in [6.07, 6.45) is 0. The van der Waals surface area contributed by atoms with E-state index in [4.69, 9.17) is 0 Å². The summed E-state index contributed by atoms with van der Waals surface area (Å²) in [6, 6.07) is 11.9. The van der Waals surface area contributed by atoms with Crippen LogP contribution in [0.3, 0.4) is 0 Å². The monoisotopic (exact) mass is 182 g/mol. The molecule has 0 bridgehead atoms. The summed E-state index contributed by atoms with van der Waals surface area (Å²) >= 11 is 0. The number of nitrogens with zero attached hydrogens (tertiary/aromatic N) is 4. The predicted molar refractivity (Wildman–Crippen MR) is 52.6 cm³/mol. The lowest BCUT2D eigenvalue weighted by Crippen LogP contribution is -1.92. The lowest BCUT2D eigenvalue weighted by atomic mass is 10.1. The second kappa shape index (κ2) is 2.70. The Labute approximate surface area is 79.6 Å². The quantitative estimate of drug-likeness (QED) is 0.495. The molecule has 0 unspecified atom stereocenters. The normalized spacial score (nSPS) is 10.9. The van der Waals surface area contributed by atoms with E-state index in [2.05, 4.69) is 20.6 Å². The Morgan fingerprint density at radius 2 is 1.64 bits per heavy atom. The molecule has 2 aromatic carbocycles. The Balaban J connectivity index is 2.61. The third kappa shape index (κ3) is 0.939. The molecule has 66 valence electrons. The van der Waals surface area contributed by atoms with Crippen molar-refractivity contribution in [2.24, 2.45) is 0 Å². The predicted octanol–water partition coefficient (Wildman–Crippen LogP) is 1.57. The molecule has 0 spiro atoms. The largest absolute Gasteiger partial charge is 0.127 e. The van der Waals surface area contributed by atoms with Gasteiger partial charge >= 0.3 is 0 Å². The summed E-state index contributed by atoms with van der Waals surface area (Å²) in [5, 5.41) is 17.2. The number of benzene rings is 2. The molecule has 1 aromatic heterocycles. The third-order valence-corrected chi connectivity index (χ3v) is 2.22. The highest BCUT2D eigenvalue weighted by atomic mass is 15.4.